The summed E-state index contributed by atoms with van der Waals surface area (Å²) in [4.78, 5) is 26.1. The van der Waals surface area contributed by atoms with Crippen molar-refractivity contribution < 1.29 is 14.0 Å². The third-order valence-electron chi connectivity index (χ3n) is 3.62. The number of anilines is 1. The Hall–Kier alpha value is -2.21. The lowest BCUT2D eigenvalue weighted by Gasteiger charge is -2.18. The van der Waals surface area contributed by atoms with Crippen LogP contribution in [-0.2, 0) is 0 Å². The quantitative estimate of drug-likeness (QED) is 0.823. The van der Waals surface area contributed by atoms with E-state index in [1.165, 1.54) is 12.1 Å². The van der Waals surface area contributed by atoms with E-state index in [1.54, 1.807) is 35.2 Å². The Balaban J connectivity index is 2.11. The number of nitrogens with zero attached hydrogens (tertiary/aromatic N) is 1. The van der Waals surface area contributed by atoms with Crippen LogP contribution >= 0.6 is 15.9 Å². The molecule has 0 radical (unpaired) electrons. The number of carbonyl (C=O) groups excluding carboxylic acids is 2. The first-order valence-electron chi connectivity index (χ1n) is 7.62. The molecule has 0 bridgehead atoms. The molecule has 0 spiro atoms. The summed E-state index contributed by atoms with van der Waals surface area (Å²) in [5.41, 5.74) is 1.01. The fraction of sp³-hybridized carbons (Fsp3) is 0.222. The summed E-state index contributed by atoms with van der Waals surface area (Å²) in [6.45, 7) is 5.11. The third kappa shape index (κ3) is 4.20. The summed E-state index contributed by atoms with van der Waals surface area (Å²) in [6.07, 6.45) is 0. The van der Waals surface area contributed by atoms with Crippen LogP contribution in [0.15, 0.2) is 46.9 Å². The van der Waals surface area contributed by atoms with E-state index in [-0.39, 0.29) is 11.5 Å². The molecule has 0 saturated heterocycles. The van der Waals surface area contributed by atoms with E-state index in [0.29, 0.717) is 28.8 Å². The van der Waals surface area contributed by atoms with E-state index in [1.807, 2.05) is 13.8 Å². The molecule has 24 heavy (non-hydrogen) atoms. The lowest BCUT2D eigenvalue weighted by Crippen LogP contribution is -2.30. The Morgan fingerprint density at radius 2 is 1.71 bits per heavy atom. The second kappa shape index (κ2) is 8.06. The van der Waals surface area contributed by atoms with E-state index in [0.717, 1.165) is 0 Å². The van der Waals surface area contributed by atoms with Crippen LogP contribution in [0.5, 0.6) is 0 Å². The lowest BCUT2D eigenvalue weighted by atomic mass is 10.1. The minimum atomic E-state index is -0.602. The van der Waals surface area contributed by atoms with Crippen molar-refractivity contribution in [2.45, 2.75) is 13.8 Å². The van der Waals surface area contributed by atoms with E-state index in [4.69, 9.17) is 0 Å². The number of hydrogen-bond acceptors (Lipinski definition) is 2. The second-order valence-electron chi connectivity index (χ2n) is 5.13. The highest BCUT2D eigenvalue weighted by Crippen LogP contribution is 2.18. The first kappa shape index (κ1) is 18.1. The molecule has 0 atom stereocenters. The fourth-order valence-corrected chi connectivity index (χ4v) is 2.59. The van der Waals surface area contributed by atoms with Crippen molar-refractivity contribution in [3.63, 3.8) is 0 Å². The number of carbonyl (C=O) groups is 2. The molecule has 2 aromatic carbocycles. The van der Waals surface area contributed by atoms with Gasteiger partial charge in [0.25, 0.3) is 11.8 Å². The minimum Gasteiger partial charge on any atom is -0.339 e. The van der Waals surface area contributed by atoms with Crippen LogP contribution in [-0.4, -0.2) is 29.8 Å². The maximum Gasteiger partial charge on any atom is 0.258 e. The predicted octanol–water partition coefficient (Wildman–Crippen LogP) is 4.32. The van der Waals surface area contributed by atoms with E-state index in [9.17, 15) is 14.0 Å². The molecule has 6 heteroatoms. The molecule has 0 unspecified atom stereocenters. The number of hydrogen-bond donors (Lipinski definition) is 1. The van der Waals surface area contributed by atoms with Gasteiger partial charge in [0.2, 0.25) is 0 Å². The van der Waals surface area contributed by atoms with Crippen LogP contribution in [0.4, 0.5) is 10.1 Å². The molecule has 0 saturated carbocycles. The van der Waals surface area contributed by atoms with Crippen molar-refractivity contribution in [1.82, 2.24) is 4.90 Å². The standard InChI is InChI=1S/C18H18BrFN2O2/c1-3-22(4-2)18(24)12-5-8-14(9-6-12)21-17(23)15-10-7-13(19)11-16(15)20/h5-11H,3-4H2,1-2H3,(H,21,23). The molecular formula is C18H18BrFN2O2. The monoisotopic (exact) mass is 392 g/mol. The molecule has 4 nitrogen and oxygen atoms in total. The molecule has 0 heterocycles. The van der Waals surface area contributed by atoms with Crippen molar-refractivity contribution in [2.24, 2.45) is 0 Å². The van der Waals surface area contributed by atoms with Gasteiger partial charge in [0, 0.05) is 28.8 Å². The van der Waals surface area contributed by atoms with Gasteiger partial charge in [-0.2, -0.15) is 0 Å². The highest BCUT2D eigenvalue weighted by molar-refractivity contribution is 9.10. The van der Waals surface area contributed by atoms with Gasteiger partial charge in [0.15, 0.2) is 0 Å². The summed E-state index contributed by atoms with van der Waals surface area (Å²) in [7, 11) is 0. The van der Waals surface area contributed by atoms with Gasteiger partial charge in [-0.25, -0.2) is 4.39 Å². The zero-order chi connectivity index (χ0) is 17.7. The number of rotatable bonds is 5. The van der Waals surface area contributed by atoms with Crippen molar-refractivity contribution in [2.75, 3.05) is 18.4 Å². The summed E-state index contributed by atoms with van der Waals surface area (Å²) in [5.74, 6) is -1.20. The first-order chi connectivity index (χ1) is 11.5. The molecule has 2 rings (SSSR count). The summed E-state index contributed by atoms with van der Waals surface area (Å²) in [5, 5.41) is 2.62. The molecule has 0 aromatic heterocycles. The van der Waals surface area contributed by atoms with Crippen molar-refractivity contribution >= 4 is 33.4 Å². The van der Waals surface area contributed by atoms with E-state index < -0.39 is 11.7 Å². The molecular weight excluding hydrogens is 375 g/mol. The van der Waals surface area contributed by atoms with Gasteiger partial charge >= 0.3 is 0 Å². The maximum absolute atomic E-state index is 13.8. The van der Waals surface area contributed by atoms with Gasteiger partial charge in [0.05, 0.1) is 5.56 Å². The zero-order valence-electron chi connectivity index (χ0n) is 13.5. The van der Waals surface area contributed by atoms with E-state index >= 15 is 0 Å². The average molecular weight is 393 g/mol. The SMILES string of the molecule is CCN(CC)C(=O)c1ccc(NC(=O)c2ccc(Br)cc2F)cc1. The number of amides is 2. The molecule has 2 aromatic rings. The highest BCUT2D eigenvalue weighted by atomic mass is 79.9. The Bertz CT molecular complexity index is 743. The number of nitrogens with one attached hydrogen (secondary N) is 1. The average Bonchev–Trinajstić information content (AvgIpc) is 2.56. The molecule has 126 valence electrons. The van der Waals surface area contributed by atoms with Gasteiger partial charge in [-0.1, -0.05) is 15.9 Å². The van der Waals surface area contributed by atoms with Gasteiger partial charge in [-0.3, -0.25) is 9.59 Å². The molecule has 0 aliphatic carbocycles. The zero-order valence-corrected chi connectivity index (χ0v) is 15.1. The van der Waals surface area contributed by atoms with Gasteiger partial charge < -0.3 is 10.2 Å². The molecule has 0 aliphatic rings. The van der Waals surface area contributed by atoms with Crippen LogP contribution in [0.25, 0.3) is 0 Å². The van der Waals surface area contributed by atoms with Crippen LogP contribution in [0.2, 0.25) is 0 Å². The molecule has 2 amide bonds. The minimum absolute atomic E-state index is 0.0403. The van der Waals surface area contributed by atoms with Gasteiger partial charge in [-0.15, -0.1) is 0 Å². The second-order valence-corrected chi connectivity index (χ2v) is 6.05. The normalized spacial score (nSPS) is 10.3. The van der Waals surface area contributed by atoms with Crippen molar-refractivity contribution in [3.05, 3.63) is 63.9 Å². The smallest absolute Gasteiger partial charge is 0.258 e. The summed E-state index contributed by atoms with van der Waals surface area (Å²) in [6, 6.07) is 10.8. The Morgan fingerprint density at radius 3 is 2.25 bits per heavy atom. The number of halogens is 2. The predicted molar refractivity (Wildman–Crippen MR) is 95.7 cm³/mol. The molecule has 0 fully saturated rings. The summed E-state index contributed by atoms with van der Waals surface area (Å²) >= 11 is 3.15. The van der Waals surface area contributed by atoms with Crippen LogP contribution in [0.3, 0.4) is 0 Å². The summed E-state index contributed by atoms with van der Waals surface area (Å²) < 4.78 is 14.4. The lowest BCUT2D eigenvalue weighted by molar-refractivity contribution is 0.0773. The maximum atomic E-state index is 13.8. The largest absolute Gasteiger partial charge is 0.339 e. The van der Waals surface area contributed by atoms with Crippen molar-refractivity contribution in [1.29, 1.82) is 0 Å². The van der Waals surface area contributed by atoms with Crippen LogP contribution in [0, 0.1) is 5.82 Å². The highest BCUT2D eigenvalue weighted by Gasteiger charge is 2.14. The first-order valence-corrected chi connectivity index (χ1v) is 8.41. The Labute approximate surface area is 148 Å². The Kier molecular flexibility index (Phi) is 6.09. The number of benzene rings is 2. The van der Waals surface area contributed by atoms with Crippen molar-refractivity contribution in [3.8, 4) is 0 Å². The fourth-order valence-electron chi connectivity index (χ4n) is 2.26. The van der Waals surface area contributed by atoms with E-state index in [2.05, 4.69) is 21.2 Å². The van der Waals surface area contributed by atoms with Crippen LogP contribution < -0.4 is 5.32 Å². The van der Waals surface area contributed by atoms with Crippen LogP contribution in [0.1, 0.15) is 34.6 Å². The van der Waals surface area contributed by atoms with Gasteiger partial charge in [0.1, 0.15) is 5.82 Å². The topological polar surface area (TPSA) is 49.4 Å². The van der Waals surface area contributed by atoms with Gasteiger partial charge in [-0.05, 0) is 56.3 Å². The molecule has 0 aliphatic heterocycles. The Morgan fingerprint density at radius 1 is 1.08 bits per heavy atom. The third-order valence-corrected chi connectivity index (χ3v) is 4.11. The molecule has 1 N–H and O–H groups in total.